The van der Waals surface area contributed by atoms with Crippen molar-refractivity contribution in [3.63, 3.8) is 0 Å². The summed E-state index contributed by atoms with van der Waals surface area (Å²) in [4.78, 5) is 78.0. The molecule has 5 heterocycles. The quantitative estimate of drug-likeness (QED) is 0.0833. The zero-order chi connectivity index (χ0) is 45.2. The fourth-order valence-electron chi connectivity index (χ4n) is 7.57. The molecule has 0 aromatic carbocycles. The predicted molar refractivity (Wildman–Crippen MR) is 225 cm³/mol. The number of aromatic nitrogens is 6. The molecule has 62 heavy (non-hydrogen) atoms. The van der Waals surface area contributed by atoms with E-state index in [-0.39, 0.29) is 80.2 Å². The fraction of sp³-hybridized carbons (Fsp3) is 0.692. The van der Waals surface area contributed by atoms with Crippen LogP contribution in [-0.2, 0) is 42.3 Å². The maximum Gasteiger partial charge on any atom is 0.330 e. The van der Waals surface area contributed by atoms with E-state index in [4.69, 9.17) is 32.7 Å². The number of nitrogens with one attached hydrogen (secondary N) is 4. The van der Waals surface area contributed by atoms with Gasteiger partial charge < -0.3 is 38.0 Å². The first kappa shape index (κ1) is 48.6. The molecule has 0 aliphatic carbocycles. The molecule has 2 amide bonds. The number of nitrogens with zero attached hydrogens (tertiary/aromatic N) is 6. The summed E-state index contributed by atoms with van der Waals surface area (Å²) in [5, 5.41) is 15.0. The average Bonchev–Trinajstić information content (AvgIpc) is 3.90. The number of amides is 2. The number of methoxy groups -OCH3 is 2. The summed E-state index contributed by atoms with van der Waals surface area (Å²) in [6.45, 7) is 13.6. The highest BCUT2D eigenvalue weighted by Crippen LogP contribution is 2.50. The second kappa shape index (κ2) is 22.3. The van der Waals surface area contributed by atoms with Crippen LogP contribution in [0.3, 0.4) is 0 Å². The van der Waals surface area contributed by atoms with Crippen molar-refractivity contribution in [1.82, 2.24) is 39.1 Å². The second-order valence-electron chi connectivity index (χ2n) is 15.8. The molecule has 0 bridgehead atoms. The number of H-pyrrole nitrogens is 2. The lowest BCUT2D eigenvalue weighted by Gasteiger charge is -2.38. The maximum absolute atomic E-state index is 14.0. The normalized spacial score (nSPS) is 24.4. The summed E-state index contributed by atoms with van der Waals surface area (Å²) in [5.74, 6) is -1.71. The zero-order valence-electron chi connectivity index (χ0n) is 36.6. The maximum atomic E-state index is 14.0. The van der Waals surface area contributed by atoms with Crippen molar-refractivity contribution in [2.24, 2.45) is 11.8 Å². The van der Waals surface area contributed by atoms with Crippen LogP contribution < -0.4 is 27.4 Å². The van der Waals surface area contributed by atoms with Crippen LogP contribution in [0.2, 0.25) is 0 Å². The van der Waals surface area contributed by atoms with Crippen LogP contribution in [0.4, 0.5) is 5.95 Å². The van der Waals surface area contributed by atoms with Gasteiger partial charge in [0.1, 0.15) is 24.4 Å². The van der Waals surface area contributed by atoms with Gasteiger partial charge in [0.2, 0.25) is 17.8 Å². The molecule has 22 nitrogen and oxygen atoms in total. The molecule has 2 fully saturated rings. The first-order chi connectivity index (χ1) is 29.6. The highest BCUT2D eigenvalue weighted by Gasteiger charge is 2.51. The van der Waals surface area contributed by atoms with Crippen LogP contribution in [0.15, 0.2) is 33.0 Å². The number of imidazole rings is 1. The van der Waals surface area contributed by atoms with Gasteiger partial charge in [-0.3, -0.25) is 43.6 Å². The van der Waals surface area contributed by atoms with Crippen LogP contribution in [0, 0.1) is 23.2 Å². The van der Waals surface area contributed by atoms with Crippen molar-refractivity contribution in [2.45, 2.75) is 123 Å². The molecule has 0 saturated carbocycles. The molecule has 5 rings (SSSR count). The molecule has 4 N–H and O–H groups in total. The minimum atomic E-state index is -1.87. The van der Waals surface area contributed by atoms with Crippen molar-refractivity contribution in [3.05, 3.63) is 49.8 Å². The average molecular weight is 891 g/mol. The standard InChI is InChI=1S/C39H59N10O12P/c1-10-25-24(30(56-9)36(59-25)47-14-12-27(50)43-39(47)54)18-28(51)41-19-26-31(61-62(58-15-11-13-40)49(22(4)5)23(6)7)32(57-17-16-55-8)37(60-26)48-20-42-29-33(48)44-38(46-35(29)53)45-34(52)21(2)3/h12,14,20-26,30-32,36-37H,10-11,15-19H2,1-9H3,(H,41,51)(H,43,50,54)(H2,44,45,46,52,53)/t24-,25+,26+,30?,31-,32?,36+,37+,62?/m0/s1. The second-order valence-corrected chi connectivity index (χ2v) is 17.2. The van der Waals surface area contributed by atoms with Crippen LogP contribution >= 0.6 is 8.53 Å². The molecule has 2 saturated heterocycles. The minimum Gasteiger partial charge on any atom is -0.382 e. The van der Waals surface area contributed by atoms with Crippen molar-refractivity contribution in [3.8, 4) is 6.07 Å². The number of aromatic amines is 2. The first-order valence-electron chi connectivity index (χ1n) is 20.7. The van der Waals surface area contributed by atoms with Crippen LogP contribution in [-0.4, -0.2) is 129 Å². The summed E-state index contributed by atoms with van der Waals surface area (Å²) in [7, 11) is 1.13. The lowest BCUT2D eigenvalue weighted by molar-refractivity contribution is -0.124. The molecule has 3 unspecified atom stereocenters. The summed E-state index contributed by atoms with van der Waals surface area (Å²) in [6, 6.07) is 3.22. The molecule has 0 radical (unpaired) electrons. The molecule has 2 aliphatic heterocycles. The topological polar surface area (TPSA) is 268 Å². The number of anilines is 1. The molecule has 23 heteroatoms. The van der Waals surface area contributed by atoms with Gasteiger partial charge in [0.15, 0.2) is 23.6 Å². The van der Waals surface area contributed by atoms with E-state index in [0.29, 0.717) is 6.42 Å². The zero-order valence-corrected chi connectivity index (χ0v) is 37.5. The van der Waals surface area contributed by atoms with E-state index >= 15 is 0 Å². The summed E-state index contributed by atoms with van der Waals surface area (Å²) in [5.41, 5.74) is -1.75. The van der Waals surface area contributed by atoms with E-state index < -0.39 is 80.1 Å². The smallest absolute Gasteiger partial charge is 0.330 e. The van der Waals surface area contributed by atoms with Crippen LogP contribution in [0.25, 0.3) is 11.2 Å². The number of carbonyl (C=O) groups is 2. The van der Waals surface area contributed by atoms with Gasteiger partial charge in [-0.2, -0.15) is 10.2 Å². The molecule has 2 aliphatic rings. The number of nitriles is 1. The minimum absolute atomic E-state index is 0.0201. The third kappa shape index (κ3) is 11.4. The van der Waals surface area contributed by atoms with Crippen LogP contribution in [0.1, 0.15) is 80.2 Å². The number of hydrogen-bond acceptors (Lipinski definition) is 16. The Labute approximate surface area is 359 Å². The van der Waals surface area contributed by atoms with Crippen LogP contribution in [0.5, 0.6) is 0 Å². The molecule has 3 aromatic rings. The highest BCUT2D eigenvalue weighted by atomic mass is 31.2. The van der Waals surface area contributed by atoms with Gasteiger partial charge in [-0.1, -0.05) is 20.8 Å². The third-order valence-electron chi connectivity index (χ3n) is 10.4. The Kier molecular flexibility index (Phi) is 17.5. The number of fused-ring (bicyclic) bond motifs is 1. The summed E-state index contributed by atoms with van der Waals surface area (Å²) >= 11 is 0. The van der Waals surface area contributed by atoms with Gasteiger partial charge in [0.05, 0.1) is 44.7 Å². The number of carbonyl (C=O) groups excluding carboxylic acids is 2. The molecule has 0 spiro atoms. The van der Waals surface area contributed by atoms with Gasteiger partial charge in [-0.15, -0.1) is 0 Å². The van der Waals surface area contributed by atoms with Gasteiger partial charge in [0.25, 0.3) is 19.6 Å². The lowest BCUT2D eigenvalue weighted by atomic mass is 9.92. The number of ether oxygens (including phenoxy) is 5. The molecular weight excluding hydrogens is 831 g/mol. The Bertz CT molecular complexity index is 2180. The Morgan fingerprint density at radius 1 is 0.984 bits per heavy atom. The van der Waals surface area contributed by atoms with E-state index in [0.717, 1.165) is 0 Å². The Hall–Kier alpha value is -4.43. The van der Waals surface area contributed by atoms with Gasteiger partial charge in [-0.05, 0) is 34.1 Å². The number of rotatable bonds is 22. The van der Waals surface area contributed by atoms with E-state index in [2.05, 4.69) is 41.3 Å². The van der Waals surface area contributed by atoms with Gasteiger partial charge in [0, 0.05) is 63.4 Å². The van der Waals surface area contributed by atoms with Crippen molar-refractivity contribution < 1.29 is 42.3 Å². The van der Waals surface area contributed by atoms with Gasteiger partial charge in [-0.25, -0.2) is 14.4 Å². The summed E-state index contributed by atoms with van der Waals surface area (Å²) < 4.78 is 48.7. The number of hydrogen-bond donors (Lipinski definition) is 4. The molecule has 3 aromatic heterocycles. The Morgan fingerprint density at radius 2 is 1.69 bits per heavy atom. The van der Waals surface area contributed by atoms with E-state index in [1.807, 2.05) is 34.6 Å². The fourth-order valence-corrected chi connectivity index (χ4v) is 9.34. The molecule has 9 atom stereocenters. The van der Waals surface area contributed by atoms with E-state index in [1.165, 1.54) is 41.9 Å². The van der Waals surface area contributed by atoms with Crippen molar-refractivity contribution >= 4 is 37.5 Å². The third-order valence-corrected chi connectivity index (χ3v) is 12.6. The monoisotopic (exact) mass is 890 g/mol. The molecule has 342 valence electrons. The van der Waals surface area contributed by atoms with E-state index in [9.17, 15) is 29.2 Å². The lowest BCUT2D eigenvalue weighted by Crippen LogP contribution is -2.44. The first-order valence-corrected chi connectivity index (χ1v) is 21.8. The Balaban J connectivity index is 1.50. The van der Waals surface area contributed by atoms with Gasteiger partial charge >= 0.3 is 5.69 Å². The largest absolute Gasteiger partial charge is 0.382 e. The molecular formula is C39H59N10O12P. The Morgan fingerprint density at radius 3 is 2.32 bits per heavy atom. The SMILES string of the molecule is CC[C@H]1O[C@@H](n2ccc(=O)[nH]c2=O)C(OC)[C@H]1CC(=O)NC[C@H]1O[C@@H](n2cnc3c(=O)[nH]c(NC(=O)C(C)C)nc32)C(OCCOC)[C@H]1OP(OCCC#N)N(C(C)C)C(C)C. The predicted octanol–water partition coefficient (Wildman–Crippen LogP) is 2.30. The van der Waals surface area contributed by atoms with Crippen molar-refractivity contribution in [1.29, 1.82) is 5.26 Å². The summed E-state index contributed by atoms with van der Waals surface area (Å²) in [6.07, 6.45) is -2.63. The highest BCUT2D eigenvalue weighted by molar-refractivity contribution is 7.44. The van der Waals surface area contributed by atoms with E-state index in [1.54, 1.807) is 13.8 Å². The van der Waals surface area contributed by atoms with Crippen molar-refractivity contribution in [2.75, 3.05) is 45.9 Å².